The van der Waals surface area contributed by atoms with Crippen LogP contribution in [0.15, 0.2) is 24.3 Å². The molecular weight excluding hydrogens is 468 g/mol. The molecule has 0 bridgehead atoms. The summed E-state index contributed by atoms with van der Waals surface area (Å²) in [5.74, 6) is 7.77. The summed E-state index contributed by atoms with van der Waals surface area (Å²) in [5.41, 5.74) is 1.52. The van der Waals surface area contributed by atoms with Crippen LogP contribution in [0.1, 0.15) is 174 Å². The molecule has 0 nitrogen and oxygen atoms in total. The van der Waals surface area contributed by atoms with Crippen LogP contribution >= 0.6 is 0 Å². The third-order valence-corrected chi connectivity index (χ3v) is 12.4. The first-order chi connectivity index (χ1) is 19.1. The fraction of sp³-hybridized carbons (Fsp3) is 0.897. The summed E-state index contributed by atoms with van der Waals surface area (Å²) in [7, 11) is 0. The van der Waals surface area contributed by atoms with Crippen molar-refractivity contribution in [1.29, 1.82) is 0 Å². The molecule has 4 fully saturated rings. The van der Waals surface area contributed by atoms with Gasteiger partial charge in [-0.25, -0.2) is 0 Å². The highest BCUT2D eigenvalue weighted by molar-refractivity contribution is 5.04. The van der Waals surface area contributed by atoms with Gasteiger partial charge in [0.2, 0.25) is 0 Å². The molecule has 0 N–H and O–H groups in total. The molecule has 0 aromatic heterocycles. The Labute approximate surface area is 245 Å². The summed E-state index contributed by atoms with van der Waals surface area (Å²) in [6.45, 7) is 9.04. The number of hydrogen-bond acceptors (Lipinski definition) is 0. The molecule has 0 aliphatic heterocycles. The van der Waals surface area contributed by atoms with Crippen molar-refractivity contribution in [3.8, 4) is 0 Å². The van der Waals surface area contributed by atoms with Crippen molar-refractivity contribution in [2.45, 2.75) is 174 Å². The fourth-order valence-corrected chi connectivity index (χ4v) is 9.41. The zero-order chi connectivity index (χ0) is 27.3. The van der Waals surface area contributed by atoms with E-state index >= 15 is 0 Å². The number of allylic oxidation sites excluding steroid dienone is 3. The highest BCUT2D eigenvalue weighted by Crippen LogP contribution is 2.45. The predicted octanol–water partition coefficient (Wildman–Crippen LogP) is 12.9. The van der Waals surface area contributed by atoms with Crippen molar-refractivity contribution < 1.29 is 0 Å². The minimum absolute atomic E-state index is 0.774. The molecule has 0 amide bonds. The third kappa shape index (κ3) is 10.7. The van der Waals surface area contributed by atoms with Gasteiger partial charge in [0.05, 0.1) is 0 Å². The van der Waals surface area contributed by atoms with E-state index in [1.165, 1.54) is 140 Å². The molecule has 0 aromatic rings. The van der Waals surface area contributed by atoms with Crippen molar-refractivity contribution in [2.24, 2.45) is 47.3 Å². The van der Waals surface area contributed by atoms with E-state index in [-0.39, 0.29) is 0 Å². The van der Waals surface area contributed by atoms with Crippen LogP contribution in [0.5, 0.6) is 0 Å². The van der Waals surface area contributed by atoms with Gasteiger partial charge >= 0.3 is 0 Å². The van der Waals surface area contributed by atoms with E-state index in [1.807, 2.05) is 0 Å². The van der Waals surface area contributed by atoms with E-state index in [1.54, 1.807) is 25.7 Å². The topological polar surface area (TPSA) is 0 Å². The lowest BCUT2D eigenvalue weighted by molar-refractivity contribution is 0.151. The van der Waals surface area contributed by atoms with E-state index in [2.05, 4.69) is 32.6 Å². The standard InChI is InChI=1S/C39H68/c1-4-5-6-7-8-9-10-11-12-13-33-17-24-36(25-18-33)37-26-19-34(20-27-37)15-16-35-21-28-38(29-22-35)39-23-14-31(2)32(3)30-39/h15-16,32-39H,2,4-14,17-30H2,1,3H3. The van der Waals surface area contributed by atoms with Crippen LogP contribution in [0.4, 0.5) is 0 Å². The molecule has 39 heavy (non-hydrogen) atoms. The first-order valence-electron chi connectivity index (χ1n) is 18.5. The summed E-state index contributed by atoms with van der Waals surface area (Å²) >= 11 is 0. The van der Waals surface area contributed by atoms with E-state index in [9.17, 15) is 0 Å². The van der Waals surface area contributed by atoms with Gasteiger partial charge < -0.3 is 0 Å². The first kappa shape index (κ1) is 31.4. The molecule has 0 saturated heterocycles. The van der Waals surface area contributed by atoms with Crippen molar-refractivity contribution in [2.75, 3.05) is 0 Å². The zero-order valence-electron chi connectivity index (χ0n) is 26.7. The monoisotopic (exact) mass is 537 g/mol. The maximum atomic E-state index is 4.31. The maximum Gasteiger partial charge on any atom is -0.0232 e. The molecule has 4 aliphatic carbocycles. The molecule has 0 aromatic carbocycles. The average molecular weight is 537 g/mol. The summed E-state index contributed by atoms with van der Waals surface area (Å²) < 4.78 is 0. The van der Waals surface area contributed by atoms with Crippen molar-refractivity contribution in [3.63, 3.8) is 0 Å². The van der Waals surface area contributed by atoms with Crippen LogP contribution < -0.4 is 0 Å². The Morgan fingerprint density at radius 2 is 1.03 bits per heavy atom. The van der Waals surface area contributed by atoms with E-state index in [0.717, 1.165) is 47.3 Å². The Morgan fingerprint density at radius 3 is 1.54 bits per heavy atom. The number of hydrogen-bond donors (Lipinski definition) is 0. The lowest BCUT2D eigenvalue weighted by Gasteiger charge is -2.38. The molecule has 4 saturated carbocycles. The first-order valence-corrected chi connectivity index (χ1v) is 18.5. The van der Waals surface area contributed by atoms with Gasteiger partial charge in [-0.2, -0.15) is 0 Å². The molecule has 224 valence electrons. The van der Waals surface area contributed by atoms with E-state index in [0.29, 0.717) is 0 Å². The molecule has 2 unspecified atom stereocenters. The third-order valence-electron chi connectivity index (χ3n) is 12.4. The molecular formula is C39H68. The minimum atomic E-state index is 0.774. The Hall–Kier alpha value is -0.520. The minimum Gasteiger partial charge on any atom is -0.0996 e. The van der Waals surface area contributed by atoms with E-state index < -0.39 is 0 Å². The maximum absolute atomic E-state index is 4.31. The molecule has 0 heteroatoms. The molecule has 0 radical (unpaired) electrons. The summed E-state index contributed by atoms with van der Waals surface area (Å²) in [6.07, 6.45) is 42.5. The van der Waals surface area contributed by atoms with Crippen LogP contribution in [0.25, 0.3) is 0 Å². The lowest BCUT2D eigenvalue weighted by atomic mass is 9.67. The van der Waals surface area contributed by atoms with Gasteiger partial charge in [-0.05, 0) is 131 Å². The van der Waals surface area contributed by atoms with Gasteiger partial charge in [0, 0.05) is 0 Å². The smallest absolute Gasteiger partial charge is 0.0232 e. The molecule has 2 atom stereocenters. The number of rotatable bonds is 14. The van der Waals surface area contributed by atoms with Crippen LogP contribution in [0, 0.1) is 47.3 Å². The largest absolute Gasteiger partial charge is 0.0996 e. The number of unbranched alkanes of at least 4 members (excludes halogenated alkanes) is 8. The fourth-order valence-electron chi connectivity index (χ4n) is 9.41. The predicted molar refractivity (Wildman–Crippen MR) is 173 cm³/mol. The second-order valence-electron chi connectivity index (χ2n) is 15.2. The molecule has 0 heterocycles. The Morgan fingerprint density at radius 1 is 0.564 bits per heavy atom. The van der Waals surface area contributed by atoms with Gasteiger partial charge in [-0.1, -0.05) is 115 Å². The molecule has 4 aliphatic rings. The second-order valence-corrected chi connectivity index (χ2v) is 15.2. The van der Waals surface area contributed by atoms with Gasteiger partial charge in [0.15, 0.2) is 0 Å². The van der Waals surface area contributed by atoms with Crippen molar-refractivity contribution in [3.05, 3.63) is 24.3 Å². The van der Waals surface area contributed by atoms with Gasteiger partial charge in [-0.15, -0.1) is 0 Å². The second kappa shape index (κ2) is 17.4. The van der Waals surface area contributed by atoms with Crippen molar-refractivity contribution in [1.82, 2.24) is 0 Å². The zero-order valence-corrected chi connectivity index (χ0v) is 26.7. The Bertz CT molecular complexity index is 677. The highest BCUT2D eigenvalue weighted by Gasteiger charge is 2.32. The van der Waals surface area contributed by atoms with Crippen molar-refractivity contribution >= 4 is 0 Å². The quantitative estimate of drug-likeness (QED) is 0.153. The molecule has 0 spiro atoms. The van der Waals surface area contributed by atoms with Crippen LogP contribution in [0.3, 0.4) is 0 Å². The average Bonchev–Trinajstić information content (AvgIpc) is 2.97. The Balaban J connectivity index is 1.02. The Kier molecular flexibility index (Phi) is 14.0. The normalized spacial score (nSPS) is 36.4. The van der Waals surface area contributed by atoms with Gasteiger partial charge in [-0.3, -0.25) is 0 Å². The molecule has 4 rings (SSSR count). The van der Waals surface area contributed by atoms with Crippen LogP contribution in [0.2, 0.25) is 0 Å². The SMILES string of the molecule is C=C1CCC(C2CCC(C=CC3CCC(C4CCC(CCCCCCCCCCC)CC4)CC3)CC2)CC1C. The van der Waals surface area contributed by atoms with Crippen LogP contribution in [-0.2, 0) is 0 Å². The summed E-state index contributed by atoms with van der Waals surface area (Å²) in [6, 6.07) is 0. The summed E-state index contributed by atoms with van der Waals surface area (Å²) in [4.78, 5) is 0. The summed E-state index contributed by atoms with van der Waals surface area (Å²) in [5, 5.41) is 0. The lowest BCUT2D eigenvalue weighted by Crippen LogP contribution is -2.26. The highest BCUT2D eigenvalue weighted by atomic mass is 14.4. The van der Waals surface area contributed by atoms with Crippen LogP contribution in [-0.4, -0.2) is 0 Å². The van der Waals surface area contributed by atoms with E-state index in [4.69, 9.17) is 0 Å². The van der Waals surface area contributed by atoms with Gasteiger partial charge in [0.25, 0.3) is 0 Å². The van der Waals surface area contributed by atoms with Gasteiger partial charge in [0.1, 0.15) is 0 Å².